The standard InChI is InChI=1S/C18H22Cl2N4OS/c1-17(2)5-12-6-18(3,9-17)10-24(12)14(25)8-26-16-22-21-15-13(20)4-11(19)7-23(15)16/h4,7,12H,5-6,8-10H2,1-3H3/t12-,18+/m0/s1. The van der Waals surface area contributed by atoms with Gasteiger partial charge in [0.05, 0.1) is 15.8 Å². The van der Waals surface area contributed by atoms with Crippen LogP contribution in [-0.2, 0) is 4.79 Å². The lowest BCUT2D eigenvalue weighted by Crippen LogP contribution is -2.38. The lowest BCUT2D eigenvalue weighted by molar-refractivity contribution is -0.129. The first-order valence-corrected chi connectivity index (χ1v) is 10.5. The fourth-order valence-corrected chi connectivity index (χ4v) is 6.27. The first-order chi connectivity index (χ1) is 12.2. The van der Waals surface area contributed by atoms with E-state index in [4.69, 9.17) is 23.2 Å². The van der Waals surface area contributed by atoms with Crippen molar-refractivity contribution < 1.29 is 4.79 Å². The van der Waals surface area contributed by atoms with Crippen molar-refractivity contribution in [2.75, 3.05) is 12.3 Å². The molecule has 26 heavy (non-hydrogen) atoms. The first-order valence-electron chi connectivity index (χ1n) is 8.78. The summed E-state index contributed by atoms with van der Waals surface area (Å²) in [4.78, 5) is 15.0. The van der Waals surface area contributed by atoms with Gasteiger partial charge in [0.15, 0.2) is 10.8 Å². The summed E-state index contributed by atoms with van der Waals surface area (Å²) in [7, 11) is 0. The topological polar surface area (TPSA) is 50.5 Å². The minimum absolute atomic E-state index is 0.173. The highest BCUT2D eigenvalue weighted by atomic mass is 35.5. The third-order valence-electron chi connectivity index (χ3n) is 5.46. The van der Waals surface area contributed by atoms with Gasteiger partial charge in [0.1, 0.15) is 0 Å². The number of aromatic nitrogens is 3. The van der Waals surface area contributed by atoms with E-state index < -0.39 is 0 Å². The third-order valence-corrected chi connectivity index (χ3v) is 6.87. The number of rotatable bonds is 3. The zero-order chi connectivity index (χ0) is 18.7. The van der Waals surface area contributed by atoms with E-state index in [1.54, 1.807) is 16.7 Å². The molecule has 2 bridgehead atoms. The molecule has 3 heterocycles. The Morgan fingerprint density at radius 1 is 1.31 bits per heavy atom. The van der Waals surface area contributed by atoms with E-state index in [-0.39, 0.29) is 11.3 Å². The summed E-state index contributed by atoms with van der Waals surface area (Å²) in [6.45, 7) is 7.81. The quantitative estimate of drug-likeness (QED) is 0.693. The van der Waals surface area contributed by atoms with Gasteiger partial charge in [0.25, 0.3) is 0 Å². The second-order valence-corrected chi connectivity index (χ2v) is 10.5. The van der Waals surface area contributed by atoms with Crippen molar-refractivity contribution in [1.29, 1.82) is 0 Å². The molecule has 2 fully saturated rings. The average molecular weight is 413 g/mol. The molecule has 4 rings (SSSR count). The SMILES string of the molecule is CC1(C)C[C@H]2C[C@@](C)(CN2C(=O)CSc2nnc3c(Cl)cc(Cl)cn23)C1. The lowest BCUT2D eigenvalue weighted by atomic mass is 9.65. The molecular formula is C18H22Cl2N4OS. The van der Waals surface area contributed by atoms with E-state index in [9.17, 15) is 4.79 Å². The highest BCUT2D eigenvalue weighted by Gasteiger charge is 2.50. The van der Waals surface area contributed by atoms with Crippen LogP contribution in [0.2, 0.25) is 10.0 Å². The molecule has 2 aliphatic rings. The largest absolute Gasteiger partial charge is 0.338 e. The molecule has 0 radical (unpaired) electrons. The third kappa shape index (κ3) is 3.32. The van der Waals surface area contributed by atoms with Gasteiger partial charge < -0.3 is 4.90 Å². The summed E-state index contributed by atoms with van der Waals surface area (Å²) in [6, 6.07) is 2.00. The molecule has 2 aromatic heterocycles. The van der Waals surface area contributed by atoms with Gasteiger partial charge >= 0.3 is 0 Å². The van der Waals surface area contributed by atoms with E-state index in [2.05, 4.69) is 35.9 Å². The summed E-state index contributed by atoms with van der Waals surface area (Å²) in [5.74, 6) is 0.518. The smallest absolute Gasteiger partial charge is 0.233 e. The van der Waals surface area contributed by atoms with Crippen molar-refractivity contribution in [2.24, 2.45) is 10.8 Å². The van der Waals surface area contributed by atoms with Gasteiger partial charge in [0.2, 0.25) is 5.91 Å². The second kappa shape index (κ2) is 6.28. The van der Waals surface area contributed by atoms with Crippen molar-refractivity contribution >= 4 is 46.5 Å². The molecule has 1 aliphatic heterocycles. The Labute approximate surface area is 167 Å². The highest BCUT2D eigenvalue weighted by Crippen LogP contribution is 2.52. The minimum atomic E-state index is 0.173. The van der Waals surface area contributed by atoms with Gasteiger partial charge in [-0.15, -0.1) is 10.2 Å². The number of hydrogen-bond donors (Lipinski definition) is 0. The van der Waals surface area contributed by atoms with Gasteiger partial charge in [-0.3, -0.25) is 9.20 Å². The number of halogens is 2. The van der Waals surface area contributed by atoms with Gasteiger partial charge in [-0.25, -0.2) is 0 Å². The number of carbonyl (C=O) groups excluding carboxylic acids is 1. The molecule has 1 saturated heterocycles. The average Bonchev–Trinajstić information content (AvgIpc) is 3.02. The molecule has 1 saturated carbocycles. The van der Waals surface area contributed by atoms with Crippen LogP contribution in [0.3, 0.4) is 0 Å². The Morgan fingerprint density at radius 2 is 2.08 bits per heavy atom. The summed E-state index contributed by atoms with van der Waals surface area (Å²) in [5, 5.41) is 9.85. The summed E-state index contributed by atoms with van der Waals surface area (Å²) < 4.78 is 1.75. The fourth-order valence-electron chi connectivity index (χ4n) is 4.96. The zero-order valence-corrected chi connectivity index (χ0v) is 17.5. The Morgan fingerprint density at radius 3 is 2.85 bits per heavy atom. The Hall–Kier alpha value is -0.980. The Bertz CT molecular complexity index is 883. The molecule has 1 aliphatic carbocycles. The van der Waals surface area contributed by atoms with Crippen LogP contribution < -0.4 is 0 Å². The predicted octanol–water partition coefficient (Wildman–Crippen LogP) is 4.56. The summed E-state index contributed by atoms with van der Waals surface area (Å²) >= 11 is 13.6. The molecule has 0 spiro atoms. The van der Waals surface area contributed by atoms with Crippen molar-refractivity contribution in [3.63, 3.8) is 0 Å². The van der Waals surface area contributed by atoms with E-state index in [1.807, 2.05) is 0 Å². The number of nitrogens with zero attached hydrogens (tertiary/aromatic N) is 4. The van der Waals surface area contributed by atoms with Crippen LogP contribution >= 0.6 is 35.0 Å². The fraction of sp³-hybridized carbons (Fsp3) is 0.611. The van der Waals surface area contributed by atoms with Gasteiger partial charge in [-0.05, 0) is 36.2 Å². The molecule has 5 nitrogen and oxygen atoms in total. The maximum absolute atomic E-state index is 12.9. The Kier molecular flexibility index (Phi) is 4.44. The number of likely N-dealkylation sites (tertiary alicyclic amines) is 1. The van der Waals surface area contributed by atoms with Gasteiger partial charge in [0, 0.05) is 18.8 Å². The van der Waals surface area contributed by atoms with Crippen molar-refractivity contribution in [3.05, 3.63) is 22.3 Å². The minimum Gasteiger partial charge on any atom is -0.338 e. The number of fused-ring (bicyclic) bond motifs is 3. The predicted molar refractivity (Wildman–Crippen MR) is 105 cm³/mol. The summed E-state index contributed by atoms with van der Waals surface area (Å²) in [5.41, 5.74) is 1.10. The van der Waals surface area contributed by atoms with E-state index in [0.717, 1.165) is 19.4 Å². The highest BCUT2D eigenvalue weighted by molar-refractivity contribution is 7.99. The lowest BCUT2D eigenvalue weighted by Gasteiger charge is -2.39. The van der Waals surface area contributed by atoms with Crippen LogP contribution in [0.5, 0.6) is 0 Å². The van der Waals surface area contributed by atoms with E-state index in [1.165, 1.54) is 18.2 Å². The van der Waals surface area contributed by atoms with E-state index in [0.29, 0.717) is 38.1 Å². The van der Waals surface area contributed by atoms with Crippen molar-refractivity contribution in [3.8, 4) is 0 Å². The van der Waals surface area contributed by atoms with E-state index >= 15 is 0 Å². The molecule has 8 heteroatoms. The zero-order valence-electron chi connectivity index (χ0n) is 15.1. The molecule has 0 aromatic carbocycles. The molecular weight excluding hydrogens is 391 g/mol. The monoisotopic (exact) mass is 412 g/mol. The normalized spacial score (nSPS) is 27.3. The number of hydrogen-bond acceptors (Lipinski definition) is 4. The molecule has 140 valence electrons. The number of pyridine rings is 1. The van der Waals surface area contributed by atoms with Crippen LogP contribution in [0.4, 0.5) is 0 Å². The van der Waals surface area contributed by atoms with Crippen LogP contribution in [0.25, 0.3) is 5.65 Å². The second-order valence-electron chi connectivity index (χ2n) is 8.71. The van der Waals surface area contributed by atoms with Gasteiger partial charge in [-0.1, -0.05) is 55.7 Å². The molecule has 0 N–H and O–H groups in total. The molecule has 0 unspecified atom stereocenters. The molecule has 2 aromatic rings. The van der Waals surface area contributed by atoms with Crippen molar-refractivity contribution in [2.45, 2.75) is 51.2 Å². The maximum atomic E-state index is 12.9. The van der Waals surface area contributed by atoms with Crippen molar-refractivity contribution in [1.82, 2.24) is 19.5 Å². The number of amides is 1. The number of thioether (sulfide) groups is 1. The molecule has 1 amide bonds. The van der Waals surface area contributed by atoms with Crippen LogP contribution in [0.15, 0.2) is 17.4 Å². The first kappa shape index (κ1) is 18.4. The summed E-state index contributed by atoms with van der Waals surface area (Å²) in [6.07, 6.45) is 5.10. The molecule has 2 atom stereocenters. The Balaban J connectivity index is 1.48. The van der Waals surface area contributed by atoms with Crippen LogP contribution in [-0.4, -0.2) is 43.7 Å². The maximum Gasteiger partial charge on any atom is 0.233 e. The van der Waals surface area contributed by atoms with Crippen LogP contribution in [0.1, 0.15) is 40.0 Å². The van der Waals surface area contributed by atoms with Gasteiger partial charge in [-0.2, -0.15) is 0 Å². The number of carbonyl (C=O) groups is 1. The van der Waals surface area contributed by atoms with Crippen LogP contribution in [0, 0.1) is 10.8 Å².